The summed E-state index contributed by atoms with van der Waals surface area (Å²) in [7, 11) is 0. The molecule has 150 valence electrons. The Balaban J connectivity index is 1.41. The molecule has 0 unspecified atom stereocenters. The van der Waals surface area contributed by atoms with E-state index >= 15 is 0 Å². The minimum atomic E-state index is -2.87. The number of carbonyl (C=O) groups is 2. The van der Waals surface area contributed by atoms with E-state index in [1.54, 1.807) is 30.3 Å². The summed E-state index contributed by atoms with van der Waals surface area (Å²) < 4.78 is 33.5. The van der Waals surface area contributed by atoms with Crippen LogP contribution in [0.4, 0.5) is 8.78 Å². The molecule has 0 bridgehead atoms. The van der Waals surface area contributed by atoms with Crippen molar-refractivity contribution in [3.05, 3.63) is 71.9 Å². The standard InChI is InChI=1S/C21H18F2N2O4/c22-21(23)29-16-8-5-14(6-9-16)11-12-24-19(26)13-28-20(27)18-10-7-15-3-1-2-4-17(15)25-18/h1-10,21H,11-13H2,(H,24,26). The molecule has 1 aromatic heterocycles. The second-order valence-corrected chi connectivity index (χ2v) is 6.09. The van der Waals surface area contributed by atoms with Crippen LogP contribution < -0.4 is 10.1 Å². The fourth-order valence-electron chi connectivity index (χ4n) is 2.62. The molecule has 0 atom stereocenters. The molecule has 0 saturated heterocycles. The van der Waals surface area contributed by atoms with Crippen molar-refractivity contribution in [1.29, 1.82) is 0 Å². The predicted molar refractivity (Wildman–Crippen MR) is 102 cm³/mol. The molecule has 1 N–H and O–H groups in total. The number of ether oxygens (including phenoxy) is 2. The van der Waals surface area contributed by atoms with Crippen LogP contribution in [0.3, 0.4) is 0 Å². The normalized spacial score (nSPS) is 10.7. The Hall–Kier alpha value is -3.55. The summed E-state index contributed by atoms with van der Waals surface area (Å²) in [5.74, 6) is -1.06. The van der Waals surface area contributed by atoms with Crippen LogP contribution in [-0.4, -0.2) is 36.6 Å². The maximum absolute atomic E-state index is 12.1. The molecule has 0 aliphatic rings. The minimum Gasteiger partial charge on any atom is -0.451 e. The number of rotatable bonds is 8. The Morgan fingerprint density at radius 3 is 2.52 bits per heavy atom. The van der Waals surface area contributed by atoms with E-state index in [1.165, 1.54) is 12.1 Å². The van der Waals surface area contributed by atoms with Gasteiger partial charge in [-0.25, -0.2) is 9.78 Å². The lowest BCUT2D eigenvalue weighted by molar-refractivity contribution is -0.124. The molecular formula is C21H18F2N2O4. The van der Waals surface area contributed by atoms with Crippen molar-refractivity contribution in [2.45, 2.75) is 13.0 Å². The lowest BCUT2D eigenvalue weighted by Gasteiger charge is -2.08. The fourth-order valence-corrected chi connectivity index (χ4v) is 2.62. The molecule has 0 radical (unpaired) electrons. The number of nitrogens with one attached hydrogen (secondary N) is 1. The molecule has 0 aliphatic carbocycles. The number of alkyl halides is 2. The van der Waals surface area contributed by atoms with Crippen molar-refractivity contribution < 1.29 is 27.8 Å². The van der Waals surface area contributed by atoms with Crippen molar-refractivity contribution >= 4 is 22.8 Å². The molecule has 0 aliphatic heterocycles. The summed E-state index contributed by atoms with van der Waals surface area (Å²) in [6.07, 6.45) is 0.487. The van der Waals surface area contributed by atoms with Crippen molar-refractivity contribution in [3.63, 3.8) is 0 Å². The highest BCUT2D eigenvalue weighted by Gasteiger charge is 2.12. The maximum atomic E-state index is 12.1. The molecule has 1 heterocycles. The summed E-state index contributed by atoms with van der Waals surface area (Å²) >= 11 is 0. The number of hydrogen-bond donors (Lipinski definition) is 1. The third kappa shape index (κ3) is 5.97. The number of pyridine rings is 1. The Kier molecular flexibility index (Phi) is 6.67. The zero-order valence-electron chi connectivity index (χ0n) is 15.3. The van der Waals surface area contributed by atoms with Gasteiger partial charge >= 0.3 is 12.6 Å². The van der Waals surface area contributed by atoms with Crippen LogP contribution in [0.1, 0.15) is 16.1 Å². The second kappa shape index (κ2) is 9.59. The third-order valence-electron chi connectivity index (χ3n) is 4.03. The zero-order chi connectivity index (χ0) is 20.6. The molecule has 6 nitrogen and oxygen atoms in total. The molecule has 1 amide bonds. The number of esters is 1. The van der Waals surface area contributed by atoms with Crippen molar-refractivity contribution in [3.8, 4) is 5.75 Å². The van der Waals surface area contributed by atoms with Crippen LogP contribution in [0.2, 0.25) is 0 Å². The average molecular weight is 400 g/mol. The first-order valence-corrected chi connectivity index (χ1v) is 8.84. The Morgan fingerprint density at radius 1 is 1.00 bits per heavy atom. The number of amides is 1. The molecule has 8 heteroatoms. The number of aromatic nitrogens is 1. The lowest BCUT2D eigenvalue weighted by atomic mass is 10.1. The quantitative estimate of drug-likeness (QED) is 0.587. The van der Waals surface area contributed by atoms with E-state index in [0.717, 1.165) is 10.9 Å². The first-order chi connectivity index (χ1) is 14.0. The highest BCUT2D eigenvalue weighted by atomic mass is 19.3. The van der Waals surface area contributed by atoms with E-state index < -0.39 is 25.1 Å². The highest BCUT2D eigenvalue weighted by Crippen LogP contribution is 2.15. The van der Waals surface area contributed by atoms with Gasteiger partial charge in [0.2, 0.25) is 0 Å². The SMILES string of the molecule is O=C(COC(=O)c1ccc2ccccc2n1)NCCc1ccc(OC(F)F)cc1. The minimum absolute atomic E-state index is 0.0713. The summed E-state index contributed by atoms with van der Waals surface area (Å²) in [6.45, 7) is -2.98. The van der Waals surface area contributed by atoms with Gasteiger partial charge in [-0.3, -0.25) is 4.79 Å². The van der Waals surface area contributed by atoms with Crippen LogP contribution in [0.5, 0.6) is 5.75 Å². The van der Waals surface area contributed by atoms with Gasteiger partial charge in [-0.15, -0.1) is 0 Å². The lowest BCUT2D eigenvalue weighted by Crippen LogP contribution is -2.30. The largest absolute Gasteiger partial charge is 0.451 e. The van der Waals surface area contributed by atoms with Gasteiger partial charge in [0.1, 0.15) is 11.4 Å². The Labute approximate surface area is 165 Å². The van der Waals surface area contributed by atoms with Gasteiger partial charge in [0.05, 0.1) is 5.52 Å². The number of nitrogens with zero attached hydrogens (tertiary/aromatic N) is 1. The third-order valence-corrected chi connectivity index (χ3v) is 4.03. The molecule has 3 aromatic rings. The van der Waals surface area contributed by atoms with Gasteiger partial charge in [-0.05, 0) is 36.2 Å². The van der Waals surface area contributed by atoms with Crippen LogP contribution >= 0.6 is 0 Å². The number of hydrogen-bond acceptors (Lipinski definition) is 5. The van der Waals surface area contributed by atoms with Crippen molar-refractivity contribution in [1.82, 2.24) is 10.3 Å². The highest BCUT2D eigenvalue weighted by molar-refractivity contribution is 5.92. The smallest absolute Gasteiger partial charge is 0.387 e. The van der Waals surface area contributed by atoms with Gasteiger partial charge < -0.3 is 14.8 Å². The van der Waals surface area contributed by atoms with Gasteiger partial charge in [0, 0.05) is 11.9 Å². The van der Waals surface area contributed by atoms with E-state index in [2.05, 4.69) is 15.0 Å². The molecule has 0 spiro atoms. The van der Waals surface area contributed by atoms with Gasteiger partial charge in [0.25, 0.3) is 5.91 Å². The first kappa shape index (κ1) is 20.2. The van der Waals surface area contributed by atoms with Gasteiger partial charge in [-0.2, -0.15) is 8.78 Å². The second-order valence-electron chi connectivity index (χ2n) is 6.09. The number of fused-ring (bicyclic) bond motifs is 1. The van der Waals surface area contributed by atoms with Crippen LogP contribution in [0.25, 0.3) is 10.9 Å². The molecule has 2 aromatic carbocycles. The van der Waals surface area contributed by atoms with E-state index in [1.807, 2.05) is 18.2 Å². The van der Waals surface area contributed by atoms with Crippen LogP contribution in [-0.2, 0) is 16.0 Å². The number of para-hydroxylation sites is 1. The summed E-state index contributed by atoms with van der Waals surface area (Å²) in [5, 5.41) is 3.53. The predicted octanol–water partition coefficient (Wildman–Crippen LogP) is 3.35. The Bertz CT molecular complexity index is 993. The monoisotopic (exact) mass is 400 g/mol. The number of halogens is 2. The molecule has 3 rings (SSSR count). The molecule has 0 fully saturated rings. The summed E-state index contributed by atoms with van der Waals surface area (Å²) in [4.78, 5) is 28.1. The van der Waals surface area contributed by atoms with Gasteiger partial charge in [-0.1, -0.05) is 36.4 Å². The molecule has 0 saturated carbocycles. The van der Waals surface area contributed by atoms with E-state index in [0.29, 0.717) is 18.5 Å². The van der Waals surface area contributed by atoms with Crippen LogP contribution in [0, 0.1) is 0 Å². The topological polar surface area (TPSA) is 77.5 Å². The Morgan fingerprint density at radius 2 is 1.76 bits per heavy atom. The van der Waals surface area contributed by atoms with Gasteiger partial charge in [0.15, 0.2) is 6.61 Å². The first-order valence-electron chi connectivity index (χ1n) is 8.84. The number of benzene rings is 2. The molecule has 29 heavy (non-hydrogen) atoms. The summed E-state index contributed by atoms with van der Waals surface area (Å²) in [6, 6.07) is 16.8. The zero-order valence-corrected chi connectivity index (χ0v) is 15.3. The van der Waals surface area contributed by atoms with Crippen molar-refractivity contribution in [2.24, 2.45) is 0 Å². The maximum Gasteiger partial charge on any atom is 0.387 e. The fraction of sp³-hybridized carbons (Fsp3) is 0.190. The average Bonchev–Trinajstić information content (AvgIpc) is 2.72. The van der Waals surface area contributed by atoms with Crippen LogP contribution in [0.15, 0.2) is 60.7 Å². The van der Waals surface area contributed by atoms with E-state index in [9.17, 15) is 18.4 Å². The van der Waals surface area contributed by atoms with E-state index in [-0.39, 0.29) is 11.4 Å². The van der Waals surface area contributed by atoms with Crippen molar-refractivity contribution in [2.75, 3.05) is 13.2 Å². The summed E-state index contributed by atoms with van der Waals surface area (Å²) in [5.41, 5.74) is 1.63. The van der Waals surface area contributed by atoms with E-state index in [4.69, 9.17) is 4.74 Å². The number of carbonyl (C=O) groups excluding carboxylic acids is 2. The molecular weight excluding hydrogens is 382 g/mol.